The molecule has 0 bridgehead atoms. The Labute approximate surface area is 139 Å². The summed E-state index contributed by atoms with van der Waals surface area (Å²) >= 11 is 0. The molecule has 3 heteroatoms. The Morgan fingerprint density at radius 1 is 1.26 bits per heavy atom. The van der Waals surface area contributed by atoms with Crippen molar-refractivity contribution in [3.05, 3.63) is 59.7 Å². The Hall–Kier alpha value is -1.87. The summed E-state index contributed by atoms with van der Waals surface area (Å²) in [6.07, 6.45) is 6.78. The predicted octanol–water partition coefficient (Wildman–Crippen LogP) is 4.07. The molecule has 0 saturated carbocycles. The van der Waals surface area contributed by atoms with Crippen molar-refractivity contribution in [2.75, 3.05) is 6.61 Å². The second-order valence-electron chi connectivity index (χ2n) is 6.71. The molecule has 0 aliphatic rings. The van der Waals surface area contributed by atoms with Gasteiger partial charge in [0.1, 0.15) is 5.60 Å². The van der Waals surface area contributed by atoms with Crippen LogP contribution in [0.2, 0.25) is 0 Å². The fourth-order valence-corrected chi connectivity index (χ4v) is 2.20. The molecule has 23 heavy (non-hydrogen) atoms. The van der Waals surface area contributed by atoms with Crippen molar-refractivity contribution in [1.29, 1.82) is 0 Å². The van der Waals surface area contributed by atoms with E-state index < -0.39 is 5.60 Å². The first-order valence-corrected chi connectivity index (χ1v) is 8.04. The molecule has 1 aromatic carbocycles. The molecule has 126 valence electrons. The highest BCUT2D eigenvalue weighted by atomic mass is 16.6. The van der Waals surface area contributed by atoms with Crippen molar-refractivity contribution in [3.63, 3.8) is 0 Å². The second-order valence-corrected chi connectivity index (χ2v) is 6.71. The van der Waals surface area contributed by atoms with Gasteiger partial charge in [0.2, 0.25) is 0 Å². The molecule has 0 aromatic heterocycles. The number of allylic oxidation sites excluding steroid dienone is 2. The highest BCUT2D eigenvalue weighted by Crippen LogP contribution is 2.17. The van der Waals surface area contributed by atoms with Gasteiger partial charge in [-0.15, -0.1) is 0 Å². The molecule has 1 N–H and O–H groups in total. The van der Waals surface area contributed by atoms with Crippen LogP contribution in [0.15, 0.2) is 54.1 Å². The molecule has 1 unspecified atom stereocenters. The fourth-order valence-electron chi connectivity index (χ4n) is 2.20. The van der Waals surface area contributed by atoms with Crippen LogP contribution in [0.3, 0.4) is 0 Å². The molecule has 0 radical (unpaired) electrons. The summed E-state index contributed by atoms with van der Waals surface area (Å²) in [6, 6.07) is 10.2. The van der Waals surface area contributed by atoms with Gasteiger partial charge < -0.3 is 9.84 Å². The van der Waals surface area contributed by atoms with Gasteiger partial charge in [-0.25, -0.2) is 4.79 Å². The molecule has 0 saturated heterocycles. The van der Waals surface area contributed by atoms with Crippen LogP contribution >= 0.6 is 0 Å². The molecule has 1 rings (SSSR count). The summed E-state index contributed by atoms with van der Waals surface area (Å²) < 4.78 is 5.21. The number of hydrogen-bond acceptors (Lipinski definition) is 3. The number of rotatable bonds is 7. The van der Waals surface area contributed by atoms with Crippen molar-refractivity contribution in [2.45, 2.75) is 46.1 Å². The molecule has 0 fully saturated rings. The number of aliphatic hydroxyl groups is 1. The second kappa shape index (κ2) is 9.31. The largest absolute Gasteiger partial charge is 0.457 e. The Morgan fingerprint density at radius 3 is 2.48 bits per heavy atom. The number of ether oxygens (including phenoxy) is 1. The van der Waals surface area contributed by atoms with E-state index in [0.717, 1.165) is 18.4 Å². The van der Waals surface area contributed by atoms with Gasteiger partial charge in [-0.3, -0.25) is 0 Å². The van der Waals surface area contributed by atoms with Crippen LogP contribution in [0.1, 0.15) is 39.7 Å². The van der Waals surface area contributed by atoms with Crippen LogP contribution in [0.25, 0.3) is 0 Å². The summed E-state index contributed by atoms with van der Waals surface area (Å²) in [6.45, 7) is 7.60. The normalized spacial score (nSPS) is 14.0. The van der Waals surface area contributed by atoms with Crippen molar-refractivity contribution in [2.24, 2.45) is 5.92 Å². The molecule has 0 amide bonds. The zero-order valence-electron chi connectivity index (χ0n) is 14.6. The van der Waals surface area contributed by atoms with Gasteiger partial charge in [0, 0.05) is 18.6 Å². The first kappa shape index (κ1) is 19.2. The lowest BCUT2D eigenvalue weighted by atomic mass is 9.93. The van der Waals surface area contributed by atoms with E-state index in [9.17, 15) is 9.90 Å². The first-order chi connectivity index (χ1) is 10.8. The van der Waals surface area contributed by atoms with Crippen LogP contribution in [0.5, 0.6) is 0 Å². The summed E-state index contributed by atoms with van der Waals surface area (Å²) in [5.74, 6) is -0.259. The van der Waals surface area contributed by atoms with E-state index in [2.05, 4.69) is 12.1 Å². The summed E-state index contributed by atoms with van der Waals surface area (Å²) in [7, 11) is 0. The van der Waals surface area contributed by atoms with Crippen LogP contribution in [-0.2, 0) is 16.0 Å². The van der Waals surface area contributed by atoms with Crippen LogP contribution in [0, 0.1) is 5.92 Å². The molecule has 0 heterocycles. The van der Waals surface area contributed by atoms with E-state index in [0.29, 0.717) is 0 Å². The minimum Gasteiger partial charge on any atom is -0.457 e. The number of benzene rings is 1. The topological polar surface area (TPSA) is 46.5 Å². The molecular formula is C20H28O3. The lowest BCUT2D eigenvalue weighted by Crippen LogP contribution is -2.22. The number of esters is 1. The molecule has 0 spiro atoms. The van der Waals surface area contributed by atoms with Gasteiger partial charge in [-0.05, 0) is 46.1 Å². The maximum atomic E-state index is 11.6. The minimum absolute atomic E-state index is 0.0958. The van der Waals surface area contributed by atoms with E-state index in [1.54, 1.807) is 6.08 Å². The van der Waals surface area contributed by atoms with Crippen LogP contribution in [0.4, 0.5) is 0 Å². The number of hydrogen-bond donors (Lipinski definition) is 1. The van der Waals surface area contributed by atoms with Gasteiger partial charge in [0.25, 0.3) is 0 Å². The molecule has 0 aliphatic carbocycles. The zero-order chi connectivity index (χ0) is 17.3. The molecule has 1 atom stereocenters. The third-order valence-corrected chi connectivity index (χ3v) is 3.49. The predicted molar refractivity (Wildman–Crippen MR) is 94.1 cm³/mol. The maximum Gasteiger partial charge on any atom is 0.331 e. The Balaban J connectivity index is 2.54. The van der Waals surface area contributed by atoms with Crippen LogP contribution in [-0.4, -0.2) is 23.3 Å². The third-order valence-electron chi connectivity index (χ3n) is 3.49. The zero-order valence-corrected chi connectivity index (χ0v) is 14.6. The monoisotopic (exact) mass is 316 g/mol. The SMILES string of the molecule is C/C(=C/C=C/C(=O)OC(C)(C)C)C(CO)CCc1ccccc1. The minimum atomic E-state index is -0.483. The Kier molecular flexibility index (Phi) is 7.76. The molecule has 1 aromatic rings. The standard InChI is InChI=1S/C20H28O3/c1-16(9-8-12-19(22)23-20(2,3)4)18(15-21)14-13-17-10-6-5-7-11-17/h5-12,18,21H,13-15H2,1-4H3/b12-8+,16-9-. The van der Waals surface area contributed by atoms with Crippen molar-refractivity contribution in [3.8, 4) is 0 Å². The van der Waals surface area contributed by atoms with Gasteiger partial charge in [-0.2, -0.15) is 0 Å². The number of aryl methyl sites for hydroxylation is 1. The highest BCUT2D eigenvalue weighted by molar-refractivity contribution is 5.82. The van der Waals surface area contributed by atoms with Gasteiger partial charge >= 0.3 is 5.97 Å². The summed E-state index contributed by atoms with van der Waals surface area (Å²) in [5, 5.41) is 9.58. The van der Waals surface area contributed by atoms with E-state index in [4.69, 9.17) is 4.74 Å². The lowest BCUT2D eigenvalue weighted by Gasteiger charge is -2.18. The van der Waals surface area contributed by atoms with E-state index in [1.807, 2.05) is 52.0 Å². The fraction of sp³-hybridized carbons (Fsp3) is 0.450. The van der Waals surface area contributed by atoms with E-state index >= 15 is 0 Å². The van der Waals surface area contributed by atoms with E-state index in [1.165, 1.54) is 11.6 Å². The summed E-state index contributed by atoms with van der Waals surface area (Å²) in [4.78, 5) is 11.6. The van der Waals surface area contributed by atoms with Gasteiger partial charge in [0.05, 0.1) is 0 Å². The lowest BCUT2D eigenvalue weighted by molar-refractivity contribution is -0.148. The van der Waals surface area contributed by atoms with Crippen molar-refractivity contribution < 1.29 is 14.6 Å². The Bertz CT molecular complexity index is 536. The first-order valence-electron chi connectivity index (χ1n) is 8.04. The number of carbonyl (C=O) groups is 1. The molecule has 3 nitrogen and oxygen atoms in total. The van der Waals surface area contributed by atoms with Gasteiger partial charge in [0.15, 0.2) is 0 Å². The van der Waals surface area contributed by atoms with Gasteiger partial charge in [-0.1, -0.05) is 48.1 Å². The van der Waals surface area contributed by atoms with Crippen molar-refractivity contribution in [1.82, 2.24) is 0 Å². The Morgan fingerprint density at radius 2 is 1.91 bits per heavy atom. The quantitative estimate of drug-likeness (QED) is 0.468. The maximum absolute atomic E-state index is 11.6. The highest BCUT2D eigenvalue weighted by Gasteiger charge is 2.14. The summed E-state index contributed by atoms with van der Waals surface area (Å²) in [5.41, 5.74) is 1.84. The average Bonchev–Trinajstić information content (AvgIpc) is 2.47. The smallest absolute Gasteiger partial charge is 0.331 e. The number of carbonyl (C=O) groups excluding carboxylic acids is 1. The molecule has 0 aliphatic heterocycles. The number of aliphatic hydroxyl groups excluding tert-OH is 1. The average molecular weight is 316 g/mol. The van der Waals surface area contributed by atoms with Crippen LogP contribution < -0.4 is 0 Å². The van der Waals surface area contributed by atoms with Crippen molar-refractivity contribution >= 4 is 5.97 Å². The molecular weight excluding hydrogens is 288 g/mol. The van der Waals surface area contributed by atoms with E-state index in [-0.39, 0.29) is 18.5 Å². The third kappa shape index (κ3) is 8.36.